The maximum Gasteiger partial charge on any atom is 0.120 e. The molecule has 0 aliphatic carbocycles. The van der Waals surface area contributed by atoms with Gasteiger partial charge in [0.25, 0.3) is 0 Å². The second kappa shape index (κ2) is 8.03. The van der Waals surface area contributed by atoms with Gasteiger partial charge >= 0.3 is 0 Å². The van der Waals surface area contributed by atoms with Crippen LogP contribution in [0.5, 0.6) is 5.75 Å². The smallest absolute Gasteiger partial charge is 0.120 e. The Hall–Kier alpha value is -1.76. The Kier molecular flexibility index (Phi) is 6.06. The number of hydrogen-bond acceptors (Lipinski definition) is 1. The molecule has 0 aliphatic heterocycles. The van der Waals surface area contributed by atoms with E-state index in [9.17, 15) is 0 Å². The van der Waals surface area contributed by atoms with Crippen molar-refractivity contribution < 1.29 is 4.74 Å². The van der Waals surface area contributed by atoms with Crippen LogP contribution in [-0.2, 0) is 0 Å². The Labute approximate surface area is 135 Å². The van der Waals surface area contributed by atoms with Gasteiger partial charge in [-0.1, -0.05) is 70.2 Å². The number of benzene rings is 2. The van der Waals surface area contributed by atoms with E-state index in [-0.39, 0.29) is 6.10 Å². The normalized spacial score (nSPS) is 12.6. The average molecular weight is 296 g/mol. The van der Waals surface area contributed by atoms with Crippen molar-refractivity contribution >= 4 is 0 Å². The van der Waals surface area contributed by atoms with Crippen molar-refractivity contribution in [3.63, 3.8) is 0 Å². The van der Waals surface area contributed by atoms with Crippen LogP contribution in [0.2, 0.25) is 0 Å². The third kappa shape index (κ3) is 4.13. The predicted octanol–water partition coefficient (Wildman–Crippen LogP) is 6.19. The highest BCUT2D eigenvalue weighted by Crippen LogP contribution is 2.28. The minimum atomic E-state index is 0.279. The fourth-order valence-corrected chi connectivity index (χ4v) is 3.07. The first-order chi connectivity index (χ1) is 10.7. The fraction of sp³-hybridized carbons (Fsp3) is 0.429. The van der Waals surface area contributed by atoms with E-state index in [0.29, 0.717) is 11.8 Å². The number of rotatable bonds is 7. The summed E-state index contributed by atoms with van der Waals surface area (Å²) in [5.74, 6) is 2.11. The third-order valence-corrected chi connectivity index (χ3v) is 4.38. The van der Waals surface area contributed by atoms with E-state index in [0.717, 1.165) is 18.6 Å². The molecule has 1 atom stereocenters. The number of hydrogen-bond donors (Lipinski definition) is 0. The zero-order valence-electron chi connectivity index (χ0n) is 14.3. The zero-order chi connectivity index (χ0) is 15.9. The highest BCUT2D eigenvalue weighted by molar-refractivity contribution is 5.64. The molecule has 0 unspecified atom stereocenters. The lowest BCUT2D eigenvalue weighted by Crippen LogP contribution is -2.31. The summed E-state index contributed by atoms with van der Waals surface area (Å²) >= 11 is 0. The second-order valence-electron chi connectivity index (χ2n) is 6.30. The van der Waals surface area contributed by atoms with E-state index in [1.807, 2.05) is 6.07 Å². The molecule has 0 spiro atoms. The lowest BCUT2D eigenvalue weighted by Gasteiger charge is -2.29. The summed E-state index contributed by atoms with van der Waals surface area (Å²) in [7, 11) is 0. The van der Waals surface area contributed by atoms with Crippen molar-refractivity contribution in [1.82, 2.24) is 0 Å². The first-order valence-electron chi connectivity index (χ1n) is 8.47. The molecule has 0 N–H and O–H groups in total. The molecule has 1 nitrogen and oxygen atoms in total. The second-order valence-corrected chi connectivity index (χ2v) is 6.30. The van der Waals surface area contributed by atoms with Gasteiger partial charge in [0.1, 0.15) is 11.9 Å². The summed E-state index contributed by atoms with van der Waals surface area (Å²) in [4.78, 5) is 0. The Morgan fingerprint density at radius 3 is 2.05 bits per heavy atom. The van der Waals surface area contributed by atoms with Crippen LogP contribution in [0, 0.1) is 11.8 Å². The van der Waals surface area contributed by atoms with Crippen LogP contribution >= 0.6 is 0 Å². The topological polar surface area (TPSA) is 9.23 Å². The van der Waals surface area contributed by atoms with E-state index in [4.69, 9.17) is 4.74 Å². The maximum absolute atomic E-state index is 6.38. The molecular weight excluding hydrogens is 268 g/mol. The van der Waals surface area contributed by atoms with Gasteiger partial charge in [0.2, 0.25) is 0 Å². The molecule has 0 saturated carbocycles. The summed E-state index contributed by atoms with van der Waals surface area (Å²) in [5, 5.41) is 0. The Morgan fingerprint density at radius 1 is 0.818 bits per heavy atom. The Balaban J connectivity index is 2.22. The monoisotopic (exact) mass is 296 g/mol. The summed E-state index contributed by atoms with van der Waals surface area (Å²) in [6, 6.07) is 18.9. The molecule has 2 aromatic rings. The van der Waals surface area contributed by atoms with Gasteiger partial charge in [0.05, 0.1) is 0 Å². The van der Waals surface area contributed by atoms with Crippen LogP contribution in [0.25, 0.3) is 11.1 Å². The molecule has 0 heterocycles. The largest absolute Gasteiger partial charge is 0.490 e. The summed E-state index contributed by atoms with van der Waals surface area (Å²) in [6.45, 7) is 9.02. The fourth-order valence-electron chi connectivity index (χ4n) is 3.07. The molecule has 118 valence electrons. The van der Waals surface area contributed by atoms with Crippen molar-refractivity contribution in [1.29, 1.82) is 0 Å². The highest BCUT2D eigenvalue weighted by atomic mass is 16.5. The highest BCUT2D eigenvalue weighted by Gasteiger charge is 2.23. The first kappa shape index (κ1) is 16.6. The van der Waals surface area contributed by atoms with Crippen molar-refractivity contribution in [2.75, 3.05) is 0 Å². The standard InChI is InChI=1S/C21H28O/c1-5-17(6-2)21(16(3)4)22-20-14-10-13-19(15-20)18-11-8-7-9-12-18/h7-17,21H,5-6H2,1-4H3/t21-/m0/s1. The van der Waals surface area contributed by atoms with Crippen LogP contribution in [-0.4, -0.2) is 6.10 Å². The van der Waals surface area contributed by atoms with Crippen molar-refractivity contribution in [3.8, 4) is 16.9 Å². The first-order valence-corrected chi connectivity index (χ1v) is 8.47. The molecule has 0 fully saturated rings. The van der Waals surface area contributed by atoms with Crippen LogP contribution in [0.3, 0.4) is 0 Å². The van der Waals surface area contributed by atoms with E-state index in [1.54, 1.807) is 0 Å². The molecule has 0 aliphatic rings. The molecule has 0 amide bonds. The van der Waals surface area contributed by atoms with Crippen LogP contribution < -0.4 is 4.74 Å². The van der Waals surface area contributed by atoms with Gasteiger partial charge in [-0.3, -0.25) is 0 Å². The molecule has 0 radical (unpaired) electrons. The van der Waals surface area contributed by atoms with Gasteiger partial charge in [-0.15, -0.1) is 0 Å². The van der Waals surface area contributed by atoms with E-state index in [2.05, 4.69) is 76.2 Å². The third-order valence-electron chi connectivity index (χ3n) is 4.38. The van der Waals surface area contributed by atoms with Gasteiger partial charge in [0.15, 0.2) is 0 Å². The number of ether oxygens (including phenoxy) is 1. The van der Waals surface area contributed by atoms with Crippen molar-refractivity contribution in [3.05, 3.63) is 54.6 Å². The van der Waals surface area contributed by atoms with Crippen LogP contribution in [0.1, 0.15) is 40.5 Å². The predicted molar refractivity (Wildman–Crippen MR) is 95.2 cm³/mol. The average Bonchev–Trinajstić information content (AvgIpc) is 2.56. The molecule has 0 aromatic heterocycles. The quantitative estimate of drug-likeness (QED) is 0.591. The van der Waals surface area contributed by atoms with Gasteiger partial charge in [-0.05, 0) is 47.9 Å². The molecule has 2 rings (SSSR count). The lowest BCUT2D eigenvalue weighted by molar-refractivity contribution is 0.0843. The molecule has 2 aromatic carbocycles. The van der Waals surface area contributed by atoms with Gasteiger partial charge < -0.3 is 4.74 Å². The minimum absolute atomic E-state index is 0.279. The Morgan fingerprint density at radius 2 is 1.45 bits per heavy atom. The van der Waals surface area contributed by atoms with Crippen molar-refractivity contribution in [2.24, 2.45) is 11.8 Å². The summed E-state index contributed by atoms with van der Waals surface area (Å²) < 4.78 is 6.38. The molecule has 0 saturated heterocycles. The van der Waals surface area contributed by atoms with Crippen LogP contribution in [0.15, 0.2) is 54.6 Å². The molecule has 0 bridgehead atoms. The van der Waals surface area contributed by atoms with E-state index >= 15 is 0 Å². The minimum Gasteiger partial charge on any atom is -0.490 e. The molecular formula is C21H28O. The van der Waals surface area contributed by atoms with Crippen molar-refractivity contribution in [2.45, 2.75) is 46.6 Å². The summed E-state index contributed by atoms with van der Waals surface area (Å²) in [6.07, 6.45) is 2.61. The Bertz CT molecular complexity index is 555. The molecule has 22 heavy (non-hydrogen) atoms. The van der Waals surface area contributed by atoms with Gasteiger partial charge in [-0.25, -0.2) is 0 Å². The zero-order valence-corrected chi connectivity index (χ0v) is 14.3. The molecule has 1 heteroatoms. The van der Waals surface area contributed by atoms with Gasteiger partial charge in [-0.2, -0.15) is 0 Å². The summed E-state index contributed by atoms with van der Waals surface area (Å²) in [5.41, 5.74) is 2.45. The SMILES string of the molecule is CCC(CC)[C@@H](Oc1cccc(-c2ccccc2)c1)C(C)C. The van der Waals surface area contributed by atoms with Crippen LogP contribution in [0.4, 0.5) is 0 Å². The van der Waals surface area contributed by atoms with E-state index < -0.39 is 0 Å². The lowest BCUT2D eigenvalue weighted by atomic mass is 9.89. The maximum atomic E-state index is 6.38. The van der Waals surface area contributed by atoms with E-state index in [1.165, 1.54) is 11.1 Å². The van der Waals surface area contributed by atoms with Gasteiger partial charge in [0, 0.05) is 0 Å².